The number of carboxylic acids is 1. The molecule has 0 aliphatic carbocycles. The molecule has 0 saturated heterocycles. The molecule has 2 N–H and O–H groups in total. The maximum Gasteiger partial charge on any atom is 0.326 e. The summed E-state index contributed by atoms with van der Waals surface area (Å²) in [7, 11) is 1.43. The molecule has 0 aromatic carbocycles. The lowest BCUT2D eigenvalue weighted by Gasteiger charge is -2.23. The number of carbonyl (C=O) groups is 2. The zero-order valence-corrected chi connectivity index (χ0v) is 9.15. The van der Waals surface area contributed by atoms with E-state index in [1.807, 2.05) is 0 Å². The van der Waals surface area contributed by atoms with Crippen molar-refractivity contribution in [3.8, 4) is 12.3 Å². The Labute approximate surface area is 89.4 Å². The van der Waals surface area contributed by atoms with Crippen molar-refractivity contribution in [2.45, 2.75) is 32.4 Å². The molecule has 84 valence electrons. The van der Waals surface area contributed by atoms with E-state index >= 15 is 0 Å². The second-order valence-corrected chi connectivity index (χ2v) is 3.38. The van der Waals surface area contributed by atoms with Crippen molar-refractivity contribution >= 4 is 12.0 Å². The Morgan fingerprint density at radius 1 is 1.53 bits per heavy atom. The molecule has 2 amide bonds. The normalized spacial score (nSPS) is 13.5. The molecule has 0 aliphatic heterocycles. The number of nitrogens with one attached hydrogen (secondary N) is 1. The van der Waals surface area contributed by atoms with Crippen LogP contribution >= 0.6 is 0 Å². The van der Waals surface area contributed by atoms with Gasteiger partial charge < -0.3 is 15.3 Å². The van der Waals surface area contributed by atoms with Gasteiger partial charge in [0.25, 0.3) is 0 Å². The molecule has 0 bridgehead atoms. The third kappa shape index (κ3) is 4.36. The second kappa shape index (κ2) is 5.91. The molecule has 5 heteroatoms. The molecular formula is C10H16N2O3. The monoisotopic (exact) mass is 212 g/mol. The van der Waals surface area contributed by atoms with E-state index in [9.17, 15) is 9.59 Å². The quantitative estimate of drug-likeness (QED) is 0.667. The zero-order valence-electron chi connectivity index (χ0n) is 9.15. The highest BCUT2D eigenvalue weighted by atomic mass is 16.4. The minimum Gasteiger partial charge on any atom is -0.480 e. The number of amides is 2. The molecule has 0 aliphatic rings. The van der Waals surface area contributed by atoms with E-state index < -0.39 is 18.0 Å². The Balaban J connectivity index is 4.22. The number of hydrogen-bond acceptors (Lipinski definition) is 2. The van der Waals surface area contributed by atoms with Gasteiger partial charge in [0.2, 0.25) is 0 Å². The number of terminal acetylenes is 1. The van der Waals surface area contributed by atoms with Crippen LogP contribution in [0.15, 0.2) is 0 Å². The lowest BCUT2D eigenvalue weighted by molar-refractivity contribution is -0.141. The number of nitrogens with zero attached hydrogens (tertiary/aromatic N) is 1. The van der Waals surface area contributed by atoms with Crippen LogP contribution in [0.3, 0.4) is 0 Å². The number of urea groups is 1. The van der Waals surface area contributed by atoms with Gasteiger partial charge in [0.15, 0.2) is 0 Å². The van der Waals surface area contributed by atoms with E-state index in [4.69, 9.17) is 11.5 Å². The zero-order chi connectivity index (χ0) is 12.0. The number of aliphatic carboxylic acids is 1. The fourth-order valence-corrected chi connectivity index (χ4v) is 0.882. The highest BCUT2D eigenvalue weighted by Crippen LogP contribution is 1.98. The standard InChI is InChI=1S/C10H16N2O3/c1-5-6-7(2)11-10(15)12(4)8(3)9(13)14/h1,7-8H,6H2,2-4H3,(H,11,15)(H,13,14). The summed E-state index contributed by atoms with van der Waals surface area (Å²) in [5.74, 6) is 1.37. The summed E-state index contributed by atoms with van der Waals surface area (Å²) in [6, 6.07) is -1.46. The Bertz CT molecular complexity index is 283. The van der Waals surface area contributed by atoms with Crippen LogP contribution in [0.4, 0.5) is 4.79 Å². The Morgan fingerprint density at radius 3 is 2.47 bits per heavy atom. The molecule has 15 heavy (non-hydrogen) atoms. The molecule has 0 radical (unpaired) electrons. The van der Waals surface area contributed by atoms with E-state index in [1.165, 1.54) is 14.0 Å². The van der Waals surface area contributed by atoms with Gasteiger partial charge in [0.05, 0.1) is 0 Å². The number of rotatable bonds is 4. The average molecular weight is 212 g/mol. The van der Waals surface area contributed by atoms with Gasteiger partial charge in [-0.2, -0.15) is 0 Å². The number of hydrogen-bond donors (Lipinski definition) is 2. The first-order chi connectivity index (χ1) is 6.90. The van der Waals surface area contributed by atoms with Crippen molar-refractivity contribution in [2.24, 2.45) is 0 Å². The SMILES string of the molecule is C#CCC(C)NC(=O)N(C)C(C)C(=O)O. The maximum atomic E-state index is 11.5. The van der Waals surface area contributed by atoms with Gasteiger partial charge in [-0.3, -0.25) is 0 Å². The van der Waals surface area contributed by atoms with Crippen molar-refractivity contribution < 1.29 is 14.7 Å². The molecule has 0 aromatic heterocycles. The summed E-state index contributed by atoms with van der Waals surface area (Å²) < 4.78 is 0. The summed E-state index contributed by atoms with van der Waals surface area (Å²) in [6.45, 7) is 3.20. The Kier molecular flexibility index (Phi) is 5.24. The largest absolute Gasteiger partial charge is 0.480 e. The molecule has 2 atom stereocenters. The fourth-order valence-electron chi connectivity index (χ4n) is 0.882. The first-order valence-electron chi connectivity index (χ1n) is 4.59. The van der Waals surface area contributed by atoms with Gasteiger partial charge >= 0.3 is 12.0 Å². The molecular weight excluding hydrogens is 196 g/mol. The molecule has 2 unspecified atom stereocenters. The number of carboxylic acid groups (broad SMARTS) is 1. The molecule has 0 saturated carbocycles. The van der Waals surface area contributed by atoms with Crippen molar-refractivity contribution in [1.29, 1.82) is 0 Å². The molecule has 0 aromatic rings. The minimum absolute atomic E-state index is 0.161. The molecule has 0 heterocycles. The topological polar surface area (TPSA) is 69.6 Å². The predicted molar refractivity (Wildman–Crippen MR) is 56.3 cm³/mol. The van der Waals surface area contributed by atoms with Crippen LogP contribution in [0, 0.1) is 12.3 Å². The predicted octanol–water partition coefficient (Wildman–Crippen LogP) is 0.513. The van der Waals surface area contributed by atoms with E-state index in [0.717, 1.165) is 4.90 Å². The van der Waals surface area contributed by atoms with Crippen LogP contribution in [-0.4, -0.2) is 41.1 Å². The van der Waals surface area contributed by atoms with Crippen molar-refractivity contribution in [2.75, 3.05) is 7.05 Å². The van der Waals surface area contributed by atoms with Gasteiger partial charge in [0, 0.05) is 19.5 Å². The molecule has 0 spiro atoms. The van der Waals surface area contributed by atoms with Gasteiger partial charge in [-0.05, 0) is 13.8 Å². The summed E-state index contributed by atoms with van der Waals surface area (Å²) >= 11 is 0. The minimum atomic E-state index is -1.04. The van der Waals surface area contributed by atoms with Gasteiger partial charge in [-0.1, -0.05) is 0 Å². The van der Waals surface area contributed by atoms with Crippen molar-refractivity contribution in [3.63, 3.8) is 0 Å². The smallest absolute Gasteiger partial charge is 0.326 e. The first kappa shape index (κ1) is 13.3. The number of likely N-dealkylation sites (N-methyl/N-ethyl adjacent to an activating group) is 1. The molecule has 5 nitrogen and oxygen atoms in total. The van der Waals surface area contributed by atoms with Gasteiger partial charge in [0.1, 0.15) is 6.04 Å². The van der Waals surface area contributed by atoms with Crippen LogP contribution in [0.2, 0.25) is 0 Å². The lowest BCUT2D eigenvalue weighted by Crippen LogP contribution is -2.48. The summed E-state index contributed by atoms with van der Waals surface area (Å²) in [4.78, 5) is 23.2. The van der Waals surface area contributed by atoms with Crippen molar-refractivity contribution in [3.05, 3.63) is 0 Å². The lowest BCUT2D eigenvalue weighted by atomic mass is 10.2. The third-order valence-corrected chi connectivity index (χ3v) is 2.05. The van der Waals surface area contributed by atoms with E-state index in [0.29, 0.717) is 6.42 Å². The second-order valence-electron chi connectivity index (χ2n) is 3.38. The summed E-state index contributed by atoms with van der Waals surface area (Å²) in [5.41, 5.74) is 0. The van der Waals surface area contributed by atoms with E-state index in [2.05, 4.69) is 11.2 Å². The van der Waals surface area contributed by atoms with Crippen LogP contribution in [0.5, 0.6) is 0 Å². The van der Waals surface area contributed by atoms with Crippen LogP contribution in [0.25, 0.3) is 0 Å². The van der Waals surface area contributed by atoms with E-state index in [-0.39, 0.29) is 6.04 Å². The number of carbonyl (C=O) groups excluding carboxylic acids is 1. The maximum absolute atomic E-state index is 11.5. The summed E-state index contributed by atoms with van der Waals surface area (Å²) in [5, 5.41) is 11.3. The fraction of sp³-hybridized carbons (Fsp3) is 0.600. The van der Waals surface area contributed by atoms with Crippen LogP contribution in [0.1, 0.15) is 20.3 Å². The van der Waals surface area contributed by atoms with Crippen LogP contribution in [-0.2, 0) is 4.79 Å². The molecule has 0 rings (SSSR count). The highest BCUT2D eigenvalue weighted by Gasteiger charge is 2.22. The molecule has 0 fully saturated rings. The summed E-state index contributed by atoms with van der Waals surface area (Å²) in [6.07, 6.45) is 5.50. The Hall–Kier alpha value is -1.70. The highest BCUT2D eigenvalue weighted by molar-refractivity contribution is 5.82. The Morgan fingerprint density at radius 2 is 2.07 bits per heavy atom. The van der Waals surface area contributed by atoms with Crippen LogP contribution < -0.4 is 5.32 Å². The average Bonchev–Trinajstić information content (AvgIpc) is 2.15. The van der Waals surface area contributed by atoms with Crippen molar-refractivity contribution in [1.82, 2.24) is 10.2 Å². The van der Waals surface area contributed by atoms with E-state index in [1.54, 1.807) is 6.92 Å². The third-order valence-electron chi connectivity index (χ3n) is 2.05. The van der Waals surface area contributed by atoms with Gasteiger partial charge in [-0.15, -0.1) is 12.3 Å². The first-order valence-corrected chi connectivity index (χ1v) is 4.59. The van der Waals surface area contributed by atoms with Gasteiger partial charge in [-0.25, -0.2) is 9.59 Å².